The van der Waals surface area contributed by atoms with Crippen LogP contribution in [-0.2, 0) is 12.7 Å². The highest BCUT2D eigenvalue weighted by molar-refractivity contribution is 6.36. The fourth-order valence-corrected chi connectivity index (χ4v) is 3.02. The highest BCUT2D eigenvalue weighted by Crippen LogP contribution is 2.34. The van der Waals surface area contributed by atoms with Crippen LogP contribution < -0.4 is 5.32 Å². The second-order valence-electron chi connectivity index (χ2n) is 6.19. The fraction of sp³-hybridized carbons (Fsp3) is 0.105. The highest BCUT2D eigenvalue weighted by Gasteiger charge is 2.36. The van der Waals surface area contributed by atoms with Gasteiger partial charge in [-0.25, -0.2) is 13.9 Å². The molecule has 154 valence electrons. The maximum absolute atomic E-state index is 13.6. The Balaban J connectivity index is 1.80. The van der Waals surface area contributed by atoms with Crippen LogP contribution in [0.5, 0.6) is 0 Å². The van der Waals surface area contributed by atoms with Crippen molar-refractivity contribution in [3.63, 3.8) is 0 Å². The molecule has 0 saturated heterocycles. The maximum atomic E-state index is 13.6. The molecule has 1 amide bonds. The molecule has 0 radical (unpaired) electrons. The van der Waals surface area contributed by atoms with Gasteiger partial charge in [0.2, 0.25) is 0 Å². The summed E-state index contributed by atoms with van der Waals surface area (Å²) < 4.78 is 59.7. The van der Waals surface area contributed by atoms with Crippen LogP contribution in [0.4, 0.5) is 17.6 Å². The van der Waals surface area contributed by atoms with Crippen molar-refractivity contribution in [2.24, 2.45) is 0 Å². The minimum atomic E-state index is -4.81. The van der Waals surface area contributed by atoms with Crippen LogP contribution in [-0.4, -0.2) is 20.5 Å². The number of hydrogen-bond acceptors (Lipinski definition) is 4. The lowest BCUT2D eigenvalue weighted by Gasteiger charge is -2.11. The number of aromatic nitrogens is 3. The number of nitrogens with one attached hydrogen (secondary N) is 1. The Labute approximate surface area is 171 Å². The third-order valence-electron chi connectivity index (χ3n) is 4.18. The molecule has 0 bridgehead atoms. The summed E-state index contributed by atoms with van der Waals surface area (Å²) in [7, 11) is 0. The van der Waals surface area contributed by atoms with E-state index in [1.165, 1.54) is 18.4 Å². The van der Waals surface area contributed by atoms with Crippen molar-refractivity contribution in [3.05, 3.63) is 76.7 Å². The summed E-state index contributed by atoms with van der Waals surface area (Å²) in [6.45, 7) is -0.00355. The molecule has 1 N–H and O–H groups in total. The fourth-order valence-electron chi connectivity index (χ4n) is 2.77. The molecular weight excluding hydrogens is 428 g/mol. The van der Waals surface area contributed by atoms with Gasteiger partial charge >= 0.3 is 6.18 Å². The molecule has 1 aromatic carbocycles. The third-order valence-corrected chi connectivity index (χ3v) is 4.53. The number of benzene rings is 1. The van der Waals surface area contributed by atoms with E-state index in [1.807, 2.05) is 0 Å². The molecule has 0 unspecified atom stereocenters. The molecule has 0 aliphatic heterocycles. The predicted octanol–water partition coefficient (Wildman–Crippen LogP) is 4.73. The van der Waals surface area contributed by atoms with E-state index in [-0.39, 0.29) is 28.5 Å². The summed E-state index contributed by atoms with van der Waals surface area (Å²) in [6.07, 6.45) is -3.40. The van der Waals surface area contributed by atoms with Crippen LogP contribution in [0.15, 0.2) is 53.1 Å². The summed E-state index contributed by atoms with van der Waals surface area (Å²) in [5.74, 6) is -0.900. The number of halogens is 5. The molecule has 4 rings (SSSR count). The first kappa shape index (κ1) is 19.9. The Morgan fingerprint density at radius 2 is 1.93 bits per heavy atom. The van der Waals surface area contributed by atoms with Crippen molar-refractivity contribution in [2.75, 3.05) is 0 Å². The zero-order valence-electron chi connectivity index (χ0n) is 14.9. The van der Waals surface area contributed by atoms with Gasteiger partial charge in [-0.15, -0.1) is 0 Å². The molecule has 4 aromatic rings. The molecule has 11 heteroatoms. The van der Waals surface area contributed by atoms with Crippen LogP contribution >= 0.6 is 11.6 Å². The third kappa shape index (κ3) is 3.73. The summed E-state index contributed by atoms with van der Waals surface area (Å²) in [6, 6.07) is 8.76. The van der Waals surface area contributed by atoms with Crippen LogP contribution in [0.2, 0.25) is 5.02 Å². The van der Waals surface area contributed by atoms with Crippen LogP contribution in [0.1, 0.15) is 21.9 Å². The van der Waals surface area contributed by atoms with E-state index in [0.717, 1.165) is 18.2 Å². The van der Waals surface area contributed by atoms with Crippen molar-refractivity contribution in [3.8, 4) is 11.3 Å². The zero-order valence-corrected chi connectivity index (χ0v) is 15.6. The smallest absolute Gasteiger partial charge is 0.433 e. The number of amides is 1. The summed E-state index contributed by atoms with van der Waals surface area (Å²) in [5, 5.41) is 5.85. The van der Waals surface area contributed by atoms with Crippen LogP contribution in [0.25, 0.3) is 16.9 Å². The zero-order chi connectivity index (χ0) is 21.5. The van der Waals surface area contributed by atoms with Gasteiger partial charge in [-0.2, -0.15) is 18.3 Å². The Kier molecular flexibility index (Phi) is 4.94. The molecule has 6 nitrogen and oxygen atoms in total. The van der Waals surface area contributed by atoms with Gasteiger partial charge in [0, 0.05) is 5.56 Å². The van der Waals surface area contributed by atoms with E-state index in [0.29, 0.717) is 10.3 Å². The molecule has 0 fully saturated rings. The van der Waals surface area contributed by atoms with Gasteiger partial charge in [0.25, 0.3) is 5.91 Å². The van der Waals surface area contributed by atoms with Crippen molar-refractivity contribution in [1.82, 2.24) is 19.9 Å². The molecule has 30 heavy (non-hydrogen) atoms. The van der Waals surface area contributed by atoms with Crippen LogP contribution in [0, 0.1) is 5.82 Å². The second kappa shape index (κ2) is 7.45. The molecule has 3 heterocycles. The molecule has 3 aromatic heterocycles. The Bertz CT molecular complexity index is 1220. The van der Waals surface area contributed by atoms with Crippen molar-refractivity contribution < 1.29 is 26.8 Å². The van der Waals surface area contributed by atoms with Gasteiger partial charge in [-0.1, -0.05) is 11.6 Å². The number of alkyl halides is 3. The van der Waals surface area contributed by atoms with Gasteiger partial charge < -0.3 is 9.73 Å². The molecule has 0 saturated carbocycles. The minimum absolute atomic E-state index is 0.00355. The first-order valence-corrected chi connectivity index (χ1v) is 8.85. The normalized spacial score (nSPS) is 11.8. The summed E-state index contributed by atoms with van der Waals surface area (Å²) in [5.41, 5.74) is -1.81. The number of nitrogens with zero attached hydrogens (tertiary/aromatic N) is 3. The number of hydrogen-bond donors (Lipinski definition) is 1. The molecule has 0 atom stereocenters. The van der Waals surface area contributed by atoms with E-state index in [1.54, 1.807) is 12.1 Å². The lowest BCUT2D eigenvalue weighted by atomic mass is 10.1. The SMILES string of the molecule is O=C(NCc1ccco1)c1nn2c(C(F)(F)F)cc(-c3ccc(F)cc3)nc2c1Cl. The Morgan fingerprint density at radius 1 is 1.20 bits per heavy atom. The van der Waals surface area contributed by atoms with Gasteiger partial charge in [-0.05, 0) is 42.5 Å². The first-order valence-electron chi connectivity index (χ1n) is 8.47. The monoisotopic (exact) mass is 438 g/mol. The molecule has 0 aliphatic rings. The number of furan rings is 1. The van der Waals surface area contributed by atoms with E-state index in [4.69, 9.17) is 16.0 Å². The topological polar surface area (TPSA) is 72.4 Å². The predicted molar refractivity (Wildman–Crippen MR) is 98.3 cm³/mol. The average Bonchev–Trinajstić information content (AvgIpc) is 3.33. The summed E-state index contributed by atoms with van der Waals surface area (Å²) in [4.78, 5) is 16.5. The summed E-state index contributed by atoms with van der Waals surface area (Å²) >= 11 is 6.16. The lowest BCUT2D eigenvalue weighted by molar-refractivity contribution is -0.142. The van der Waals surface area contributed by atoms with Gasteiger partial charge in [0.1, 0.15) is 16.6 Å². The van der Waals surface area contributed by atoms with E-state index in [9.17, 15) is 22.4 Å². The quantitative estimate of drug-likeness (QED) is 0.467. The van der Waals surface area contributed by atoms with E-state index < -0.39 is 29.3 Å². The van der Waals surface area contributed by atoms with E-state index in [2.05, 4.69) is 15.4 Å². The lowest BCUT2D eigenvalue weighted by Crippen LogP contribution is -2.23. The average molecular weight is 439 g/mol. The largest absolute Gasteiger partial charge is 0.467 e. The minimum Gasteiger partial charge on any atom is -0.467 e. The number of fused-ring (bicyclic) bond motifs is 1. The Hall–Kier alpha value is -3.40. The Morgan fingerprint density at radius 3 is 2.57 bits per heavy atom. The van der Waals surface area contributed by atoms with Gasteiger partial charge in [0.15, 0.2) is 17.0 Å². The molecular formula is C19H11ClF4N4O2. The molecule has 0 aliphatic carbocycles. The highest BCUT2D eigenvalue weighted by atomic mass is 35.5. The van der Waals surface area contributed by atoms with Crippen LogP contribution in [0.3, 0.4) is 0 Å². The van der Waals surface area contributed by atoms with Crippen molar-refractivity contribution in [1.29, 1.82) is 0 Å². The van der Waals surface area contributed by atoms with Gasteiger partial charge in [0.05, 0.1) is 18.5 Å². The maximum Gasteiger partial charge on any atom is 0.433 e. The second-order valence-corrected chi connectivity index (χ2v) is 6.57. The molecule has 0 spiro atoms. The first-order chi connectivity index (χ1) is 14.2. The van der Waals surface area contributed by atoms with Crippen molar-refractivity contribution in [2.45, 2.75) is 12.7 Å². The number of rotatable bonds is 4. The number of carbonyl (C=O) groups excluding carboxylic acids is 1. The van der Waals surface area contributed by atoms with Crippen molar-refractivity contribution >= 4 is 23.2 Å². The number of carbonyl (C=O) groups is 1. The van der Waals surface area contributed by atoms with Gasteiger partial charge in [-0.3, -0.25) is 4.79 Å². The standard InChI is InChI=1S/C19H11ClF4N4O2/c20-15-16(18(29)25-9-12-2-1-7-30-12)27-28-14(19(22,23)24)8-13(26-17(15)28)10-3-5-11(21)6-4-10/h1-8H,9H2,(H,25,29). The van der Waals surface area contributed by atoms with E-state index >= 15 is 0 Å².